The molecule has 5 rings (SSSR count). The van der Waals surface area contributed by atoms with Crippen molar-refractivity contribution in [2.75, 3.05) is 23.7 Å². The minimum Gasteiger partial charge on any atom is -0.406 e. The molecule has 1 aliphatic rings. The Morgan fingerprint density at radius 1 is 1.07 bits per heavy atom. The summed E-state index contributed by atoms with van der Waals surface area (Å²) < 4.78 is 42.6. The van der Waals surface area contributed by atoms with Crippen molar-refractivity contribution < 1.29 is 22.7 Å². The van der Waals surface area contributed by atoms with Crippen LogP contribution < -0.4 is 15.0 Å². The molecule has 1 fully saturated rings. The Labute approximate surface area is 264 Å². The number of ether oxygens (including phenoxy) is 1. The van der Waals surface area contributed by atoms with Gasteiger partial charge in [0.25, 0.3) is 0 Å². The molecule has 1 saturated heterocycles. The zero-order valence-corrected chi connectivity index (χ0v) is 26.2. The maximum absolute atomic E-state index is 12.6. The molecule has 1 aliphatic heterocycles. The molecule has 0 atom stereocenters. The molecule has 4 aromatic rings. The number of aryl methyl sites for hydroxylation is 2. The van der Waals surface area contributed by atoms with Crippen LogP contribution in [0.3, 0.4) is 0 Å². The van der Waals surface area contributed by atoms with Gasteiger partial charge in [0.05, 0.1) is 5.69 Å². The van der Waals surface area contributed by atoms with Gasteiger partial charge in [0.1, 0.15) is 12.1 Å². The van der Waals surface area contributed by atoms with Gasteiger partial charge in [0, 0.05) is 30.1 Å². The van der Waals surface area contributed by atoms with Gasteiger partial charge in [-0.3, -0.25) is 0 Å². The minimum absolute atomic E-state index is 0.299. The highest BCUT2D eigenvalue weighted by Gasteiger charge is 2.31. The number of nitrogens with one attached hydrogen (secondary N) is 1. The van der Waals surface area contributed by atoms with Crippen LogP contribution in [0.15, 0.2) is 78.0 Å². The lowest BCUT2D eigenvalue weighted by atomic mass is 9.95. The van der Waals surface area contributed by atoms with E-state index in [1.807, 2.05) is 24.3 Å². The van der Waals surface area contributed by atoms with E-state index < -0.39 is 6.36 Å². The van der Waals surface area contributed by atoms with E-state index in [2.05, 4.69) is 69.0 Å². The number of alkyl halides is 3. The molecule has 45 heavy (non-hydrogen) atoms. The molecule has 0 spiro atoms. The van der Waals surface area contributed by atoms with Gasteiger partial charge in [-0.2, -0.15) is 4.99 Å². The first-order valence-electron chi connectivity index (χ1n) is 14.8. The number of carbonyl (C=O) groups excluding carboxylic acids is 1. The lowest BCUT2D eigenvalue weighted by Crippen LogP contribution is -2.29. The van der Waals surface area contributed by atoms with E-state index >= 15 is 0 Å². The highest BCUT2D eigenvalue weighted by Crippen LogP contribution is 2.34. The van der Waals surface area contributed by atoms with Crippen LogP contribution in [0, 0.1) is 6.92 Å². The second-order valence-corrected chi connectivity index (χ2v) is 12.1. The molecular formula is C33H35F3N6O2S. The molecular weight excluding hydrogens is 601 g/mol. The fourth-order valence-electron chi connectivity index (χ4n) is 5.29. The van der Waals surface area contributed by atoms with Crippen molar-refractivity contribution in [3.05, 3.63) is 89.7 Å². The summed E-state index contributed by atoms with van der Waals surface area (Å²) in [5.41, 5.74) is 6.21. The van der Waals surface area contributed by atoms with Gasteiger partial charge in [-0.05, 0) is 79.1 Å². The molecule has 236 valence electrons. The number of aliphatic imine (C=N–C) groups is 1. The maximum atomic E-state index is 12.6. The predicted octanol–water partition coefficient (Wildman–Crippen LogP) is 7.91. The van der Waals surface area contributed by atoms with Crippen LogP contribution in [-0.4, -0.2) is 51.2 Å². The highest BCUT2D eigenvalue weighted by atomic mass is 32.2. The largest absolute Gasteiger partial charge is 0.573 e. The molecule has 0 saturated carbocycles. The number of benzene rings is 3. The lowest BCUT2D eigenvalue weighted by molar-refractivity contribution is -0.274. The molecule has 0 unspecified atom stereocenters. The van der Waals surface area contributed by atoms with Crippen molar-refractivity contribution in [2.24, 2.45) is 4.99 Å². The van der Waals surface area contributed by atoms with Crippen LogP contribution in [0.25, 0.3) is 17.1 Å². The Balaban J connectivity index is 1.08. The topological polar surface area (TPSA) is 84.6 Å². The van der Waals surface area contributed by atoms with Crippen LogP contribution in [0.1, 0.15) is 49.3 Å². The number of amidine groups is 1. The lowest BCUT2D eigenvalue weighted by Gasteiger charge is -2.24. The summed E-state index contributed by atoms with van der Waals surface area (Å²) in [5.74, 6) is 1.47. The van der Waals surface area contributed by atoms with Crippen molar-refractivity contribution in [3.8, 4) is 22.8 Å². The number of urea groups is 1. The average Bonchev–Trinajstić information content (AvgIpc) is 3.67. The van der Waals surface area contributed by atoms with Crippen LogP contribution in [0.4, 0.5) is 23.7 Å². The van der Waals surface area contributed by atoms with Crippen molar-refractivity contribution in [2.45, 2.75) is 52.3 Å². The van der Waals surface area contributed by atoms with Gasteiger partial charge < -0.3 is 15.0 Å². The molecule has 2 amide bonds. The van der Waals surface area contributed by atoms with E-state index in [9.17, 15) is 18.0 Å². The third-order valence-corrected chi connectivity index (χ3v) is 8.31. The Bertz CT molecular complexity index is 1640. The summed E-state index contributed by atoms with van der Waals surface area (Å²) >= 11 is 1.61. The summed E-state index contributed by atoms with van der Waals surface area (Å²) in [5, 5.41) is 8.13. The fraction of sp³-hybridized carbons (Fsp3) is 0.333. The molecule has 0 aliphatic carbocycles. The van der Waals surface area contributed by atoms with E-state index in [1.165, 1.54) is 46.4 Å². The van der Waals surface area contributed by atoms with Crippen molar-refractivity contribution >= 4 is 28.6 Å². The van der Waals surface area contributed by atoms with Crippen molar-refractivity contribution in [3.63, 3.8) is 0 Å². The summed E-state index contributed by atoms with van der Waals surface area (Å²) in [6.07, 6.45) is -0.649. The van der Waals surface area contributed by atoms with Crippen molar-refractivity contribution in [1.29, 1.82) is 0 Å². The number of anilines is 1. The first-order valence-corrected chi connectivity index (χ1v) is 15.8. The van der Waals surface area contributed by atoms with E-state index in [4.69, 9.17) is 0 Å². The normalized spacial score (nSPS) is 14.4. The van der Waals surface area contributed by atoms with Crippen LogP contribution >= 0.6 is 11.8 Å². The molecule has 1 aromatic heterocycles. The van der Waals surface area contributed by atoms with Gasteiger partial charge in [0.2, 0.25) is 0 Å². The SMILES string of the molecule is Cc1cccc(N2CCS/C2=N\C(=O)NCCCCc2ccc(-c3ncn(-c4ccc(OC(F)(F)F)cc4)n3)cc2)c1C(C)C. The van der Waals surface area contributed by atoms with E-state index in [0.29, 0.717) is 24.0 Å². The zero-order chi connectivity index (χ0) is 32.0. The number of carbonyl (C=O) groups is 1. The minimum atomic E-state index is -4.74. The van der Waals surface area contributed by atoms with E-state index in [1.54, 1.807) is 11.8 Å². The molecule has 0 radical (unpaired) electrons. The second-order valence-electron chi connectivity index (χ2n) is 11.0. The Kier molecular flexibility index (Phi) is 10.1. The van der Waals surface area contributed by atoms with Crippen LogP contribution in [-0.2, 0) is 6.42 Å². The molecule has 8 nitrogen and oxygen atoms in total. The van der Waals surface area contributed by atoms with Crippen LogP contribution in [0.2, 0.25) is 0 Å². The molecule has 12 heteroatoms. The fourth-order valence-corrected chi connectivity index (χ4v) is 6.24. The molecule has 2 heterocycles. The monoisotopic (exact) mass is 636 g/mol. The number of rotatable bonds is 10. The number of amides is 2. The van der Waals surface area contributed by atoms with E-state index in [-0.39, 0.29) is 11.8 Å². The van der Waals surface area contributed by atoms with Gasteiger partial charge in [-0.25, -0.2) is 14.5 Å². The third-order valence-electron chi connectivity index (χ3n) is 7.35. The average molecular weight is 637 g/mol. The Morgan fingerprint density at radius 2 is 1.82 bits per heavy atom. The number of nitrogens with zero attached hydrogens (tertiary/aromatic N) is 5. The smallest absolute Gasteiger partial charge is 0.406 e. The second kappa shape index (κ2) is 14.2. The standard InChI is InChI=1S/C33H35F3N6O2S/c1-22(2)29-23(3)7-6-9-28(29)41-19-20-45-32(41)39-31(43)37-18-5-4-8-24-10-12-25(13-11-24)30-38-21-42(40-30)26-14-16-27(17-15-26)44-33(34,35)36/h6-7,9-17,21-22H,4-5,8,18-20H2,1-3H3,(H,37,43)/b39-32-. The molecule has 0 bridgehead atoms. The number of hydrogen-bond donors (Lipinski definition) is 1. The van der Waals surface area contributed by atoms with Gasteiger partial charge in [0.15, 0.2) is 11.0 Å². The highest BCUT2D eigenvalue weighted by molar-refractivity contribution is 8.14. The molecule has 3 aromatic carbocycles. The quantitative estimate of drug-likeness (QED) is 0.178. The van der Waals surface area contributed by atoms with Gasteiger partial charge >= 0.3 is 12.4 Å². The maximum Gasteiger partial charge on any atom is 0.573 e. The number of unbranched alkanes of at least 4 members (excludes halogenated alkanes) is 1. The number of aromatic nitrogens is 3. The summed E-state index contributed by atoms with van der Waals surface area (Å²) in [6.45, 7) is 7.88. The summed E-state index contributed by atoms with van der Waals surface area (Å²) in [4.78, 5) is 23.5. The van der Waals surface area contributed by atoms with Crippen molar-refractivity contribution in [1.82, 2.24) is 20.1 Å². The summed E-state index contributed by atoms with van der Waals surface area (Å²) in [6, 6.07) is 19.3. The molecule has 1 N–H and O–H groups in total. The predicted molar refractivity (Wildman–Crippen MR) is 172 cm³/mol. The number of thioether (sulfide) groups is 1. The van der Waals surface area contributed by atoms with Crippen LogP contribution in [0.5, 0.6) is 5.75 Å². The van der Waals surface area contributed by atoms with Gasteiger partial charge in [-0.15, -0.1) is 18.3 Å². The number of halogens is 3. The Hall–Kier alpha value is -4.32. The Morgan fingerprint density at radius 3 is 2.53 bits per heavy atom. The first-order chi connectivity index (χ1) is 21.6. The van der Waals surface area contributed by atoms with E-state index in [0.717, 1.165) is 53.5 Å². The first kappa shape index (κ1) is 32.1. The zero-order valence-electron chi connectivity index (χ0n) is 25.3. The number of hydrogen-bond acceptors (Lipinski definition) is 5. The summed E-state index contributed by atoms with van der Waals surface area (Å²) in [7, 11) is 0. The third kappa shape index (κ3) is 8.44. The van der Waals surface area contributed by atoms with Gasteiger partial charge in [-0.1, -0.05) is 62.0 Å².